The number of pyridine rings is 1. The molecule has 3 heterocycles. The highest BCUT2D eigenvalue weighted by Crippen LogP contribution is 2.30. The second kappa shape index (κ2) is 11.6. The third-order valence-electron chi connectivity index (χ3n) is 5.93. The Morgan fingerprint density at radius 2 is 1.97 bits per heavy atom. The van der Waals surface area contributed by atoms with Gasteiger partial charge in [-0.05, 0) is 13.0 Å². The Kier molecular flexibility index (Phi) is 8.22. The fraction of sp³-hybridized carbons (Fsp3) is 0.417. The van der Waals surface area contributed by atoms with Crippen molar-refractivity contribution in [2.24, 2.45) is 0 Å². The van der Waals surface area contributed by atoms with Gasteiger partial charge in [0, 0.05) is 31.5 Å². The molecule has 2 aliphatic heterocycles. The Labute approximate surface area is 215 Å². The molecule has 38 heavy (non-hydrogen) atoms. The number of nitrogens with zero attached hydrogens (tertiary/aromatic N) is 2. The number of aromatic nitrogens is 1. The second-order valence-corrected chi connectivity index (χ2v) is 8.47. The summed E-state index contributed by atoms with van der Waals surface area (Å²) in [5.74, 6) is -3.63. The lowest BCUT2D eigenvalue weighted by Gasteiger charge is -2.34. The summed E-state index contributed by atoms with van der Waals surface area (Å²) in [4.78, 5) is 52.7. The SMILES string of the molecule is COCCOC(=O)OCOc1c2n(cc(C(=O)NCc3ccc(F)cc3F)c1=O)C[C@H]1OC[C@H](C)N1C2=O. The second-order valence-electron chi connectivity index (χ2n) is 8.47. The molecule has 12 nitrogen and oxygen atoms in total. The summed E-state index contributed by atoms with van der Waals surface area (Å²) >= 11 is 0. The average molecular weight is 537 g/mol. The molecule has 4 rings (SSSR count). The molecule has 1 saturated heterocycles. The molecule has 0 radical (unpaired) electrons. The van der Waals surface area contributed by atoms with Crippen LogP contribution in [0.2, 0.25) is 0 Å². The first-order chi connectivity index (χ1) is 18.2. The number of rotatable bonds is 9. The van der Waals surface area contributed by atoms with Crippen LogP contribution < -0.4 is 15.5 Å². The minimum atomic E-state index is -1.10. The van der Waals surface area contributed by atoms with Gasteiger partial charge in [0.1, 0.15) is 23.8 Å². The minimum Gasteiger partial charge on any atom is -0.451 e. The van der Waals surface area contributed by atoms with Gasteiger partial charge in [0.2, 0.25) is 18.0 Å². The van der Waals surface area contributed by atoms with Crippen LogP contribution in [0.1, 0.15) is 33.3 Å². The number of nitrogens with one attached hydrogen (secondary N) is 1. The molecule has 1 N–H and O–H groups in total. The molecule has 0 aliphatic carbocycles. The monoisotopic (exact) mass is 537 g/mol. The first-order valence-corrected chi connectivity index (χ1v) is 11.6. The van der Waals surface area contributed by atoms with E-state index >= 15 is 0 Å². The van der Waals surface area contributed by atoms with Crippen molar-refractivity contribution in [1.82, 2.24) is 14.8 Å². The van der Waals surface area contributed by atoms with E-state index in [1.807, 2.05) is 0 Å². The standard InChI is InChI=1S/C24H25F2N3O9/c1-13-11-36-18-10-28-9-16(22(31)27-8-14-3-4-15(25)7-17(14)26)20(30)21(19(28)23(32)29(13)18)37-12-38-24(33)35-6-5-34-2/h3-4,7,9,13,18H,5-6,8,10-12H2,1-2H3,(H,27,31)/t13-,18+/m0/s1. The van der Waals surface area contributed by atoms with Crippen molar-refractivity contribution in [1.29, 1.82) is 0 Å². The molecule has 0 saturated carbocycles. The predicted octanol–water partition coefficient (Wildman–Crippen LogP) is 1.39. The maximum absolute atomic E-state index is 14.0. The summed E-state index contributed by atoms with van der Waals surface area (Å²) in [5, 5.41) is 2.40. The number of hydrogen-bond donors (Lipinski definition) is 1. The lowest BCUT2D eigenvalue weighted by Crippen LogP contribution is -2.49. The van der Waals surface area contributed by atoms with Crippen molar-refractivity contribution in [3.63, 3.8) is 0 Å². The molecule has 2 amide bonds. The van der Waals surface area contributed by atoms with Crippen LogP contribution in [-0.4, -0.2) is 73.4 Å². The van der Waals surface area contributed by atoms with E-state index < -0.39 is 59.4 Å². The number of halogens is 2. The van der Waals surface area contributed by atoms with Crippen LogP contribution in [0.4, 0.5) is 13.6 Å². The fourth-order valence-electron chi connectivity index (χ4n) is 4.08. The Bertz CT molecular complexity index is 1300. The number of fused-ring (bicyclic) bond motifs is 2. The van der Waals surface area contributed by atoms with Crippen LogP contribution in [0.5, 0.6) is 5.75 Å². The topological polar surface area (TPSA) is 135 Å². The van der Waals surface area contributed by atoms with E-state index in [4.69, 9.17) is 23.7 Å². The zero-order valence-corrected chi connectivity index (χ0v) is 20.5. The van der Waals surface area contributed by atoms with Crippen molar-refractivity contribution in [3.05, 3.63) is 63.1 Å². The van der Waals surface area contributed by atoms with Gasteiger partial charge in [0.05, 0.1) is 25.8 Å². The summed E-state index contributed by atoms with van der Waals surface area (Å²) in [6.45, 7) is 1.08. The van der Waals surface area contributed by atoms with Crippen molar-refractivity contribution in [3.8, 4) is 5.75 Å². The maximum atomic E-state index is 14.0. The number of hydrogen-bond acceptors (Lipinski definition) is 9. The normalized spacial score (nSPS) is 18.0. The van der Waals surface area contributed by atoms with Gasteiger partial charge < -0.3 is 38.5 Å². The molecular weight excluding hydrogens is 512 g/mol. The van der Waals surface area contributed by atoms with Gasteiger partial charge in [-0.3, -0.25) is 14.4 Å². The van der Waals surface area contributed by atoms with E-state index in [0.29, 0.717) is 6.07 Å². The van der Waals surface area contributed by atoms with Crippen LogP contribution in [0, 0.1) is 11.6 Å². The van der Waals surface area contributed by atoms with Gasteiger partial charge in [-0.2, -0.15) is 0 Å². The zero-order chi connectivity index (χ0) is 27.4. The van der Waals surface area contributed by atoms with Crippen molar-refractivity contribution in [2.45, 2.75) is 32.3 Å². The Morgan fingerprint density at radius 3 is 2.71 bits per heavy atom. The minimum absolute atomic E-state index is 0.00571. The maximum Gasteiger partial charge on any atom is 0.511 e. The number of methoxy groups -OCH3 is 1. The van der Waals surface area contributed by atoms with Crippen LogP contribution in [-0.2, 0) is 32.0 Å². The Morgan fingerprint density at radius 1 is 1.18 bits per heavy atom. The average Bonchev–Trinajstić information content (AvgIpc) is 3.25. The lowest BCUT2D eigenvalue weighted by atomic mass is 10.1. The molecule has 1 aromatic heterocycles. The molecule has 0 bridgehead atoms. The van der Waals surface area contributed by atoms with E-state index in [9.17, 15) is 28.0 Å². The van der Waals surface area contributed by atoms with E-state index in [0.717, 1.165) is 12.1 Å². The Hall–Kier alpha value is -4.04. The molecule has 1 fully saturated rings. The molecular formula is C24H25F2N3O9. The summed E-state index contributed by atoms with van der Waals surface area (Å²) in [6.07, 6.45) is -0.543. The lowest BCUT2D eigenvalue weighted by molar-refractivity contribution is -0.00744. The van der Waals surface area contributed by atoms with Crippen molar-refractivity contribution < 1.29 is 46.8 Å². The van der Waals surface area contributed by atoms with Crippen molar-refractivity contribution >= 4 is 18.0 Å². The number of amides is 2. The molecule has 204 valence electrons. The predicted molar refractivity (Wildman–Crippen MR) is 123 cm³/mol. The number of carbonyl (C=O) groups excluding carboxylic acids is 3. The first kappa shape index (κ1) is 27.0. The van der Waals surface area contributed by atoms with Gasteiger partial charge in [-0.25, -0.2) is 13.6 Å². The number of ether oxygens (including phenoxy) is 5. The fourth-order valence-corrected chi connectivity index (χ4v) is 4.08. The first-order valence-electron chi connectivity index (χ1n) is 11.6. The molecule has 0 unspecified atom stereocenters. The van der Waals surface area contributed by atoms with E-state index in [1.54, 1.807) is 6.92 Å². The summed E-state index contributed by atoms with van der Waals surface area (Å²) < 4.78 is 53.9. The van der Waals surface area contributed by atoms with Crippen LogP contribution in [0.25, 0.3) is 0 Å². The molecule has 0 spiro atoms. The largest absolute Gasteiger partial charge is 0.511 e. The molecule has 2 aromatic rings. The quantitative estimate of drug-likeness (QED) is 0.286. The van der Waals surface area contributed by atoms with E-state index in [1.165, 1.54) is 22.8 Å². The molecule has 1 aromatic carbocycles. The highest BCUT2D eigenvalue weighted by molar-refractivity contribution is 5.99. The molecule has 2 aliphatic rings. The summed E-state index contributed by atoms with van der Waals surface area (Å²) in [6, 6.07) is 2.59. The van der Waals surface area contributed by atoms with Crippen molar-refractivity contribution in [2.75, 3.05) is 33.7 Å². The number of carbonyl (C=O) groups is 3. The smallest absolute Gasteiger partial charge is 0.451 e. The van der Waals surface area contributed by atoms with E-state index in [-0.39, 0.29) is 50.2 Å². The van der Waals surface area contributed by atoms with Gasteiger partial charge in [-0.15, -0.1) is 0 Å². The molecule has 2 atom stereocenters. The van der Waals surface area contributed by atoms with Gasteiger partial charge >= 0.3 is 6.16 Å². The van der Waals surface area contributed by atoms with Gasteiger partial charge in [0.15, 0.2) is 11.9 Å². The third-order valence-corrected chi connectivity index (χ3v) is 5.93. The highest BCUT2D eigenvalue weighted by Gasteiger charge is 2.43. The summed E-state index contributed by atoms with van der Waals surface area (Å²) in [5.41, 5.74) is -1.53. The summed E-state index contributed by atoms with van der Waals surface area (Å²) in [7, 11) is 1.42. The highest BCUT2D eigenvalue weighted by atomic mass is 19.1. The number of benzene rings is 1. The third kappa shape index (κ3) is 5.60. The van der Waals surface area contributed by atoms with Crippen LogP contribution >= 0.6 is 0 Å². The van der Waals surface area contributed by atoms with Gasteiger partial charge in [0.25, 0.3) is 11.8 Å². The van der Waals surface area contributed by atoms with E-state index in [2.05, 4.69) is 5.32 Å². The van der Waals surface area contributed by atoms with Gasteiger partial charge in [-0.1, -0.05) is 6.07 Å². The van der Waals surface area contributed by atoms with Crippen LogP contribution in [0.15, 0.2) is 29.2 Å². The zero-order valence-electron chi connectivity index (χ0n) is 20.5. The Balaban J connectivity index is 1.60. The van der Waals surface area contributed by atoms with Crippen LogP contribution in [0.3, 0.4) is 0 Å². The molecule has 14 heteroatoms.